The summed E-state index contributed by atoms with van der Waals surface area (Å²) in [7, 11) is -4.51. The van der Waals surface area contributed by atoms with Crippen molar-refractivity contribution in [1.82, 2.24) is 0 Å². The van der Waals surface area contributed by atoms with Gasteiger partial charge in [0, 0.05) is 0 Å². The molecule has 106 valence electrons. The van der Waals surface area contributed by atoms with Crippen molar-refractivity contribution in [2.24, 2.45) is 5.73 Å². The number of primary amides is 1. The van der Waals surface area contributed by atoms with Crippen molar-refractivity contribution < 1.29 is 24.2 Å². The van der Waals surface area contributed by atoms with Crippen LogP contribution in [-0.4, -0.2) is 26.4 Å². The lowest BCUT2D eigenvalue weighted by molar-refractivity contribution is -0.122. The van der Waals surface area contributed by atoms with E-state index in [9.17, 15) is 19.5 Å². The van der Waals surface area contributed by atoms with E-state index < -0.39 is 19.7 Å². The maximum Gasteiger partial charge on any atom is 0.458 e. The fraction of sp³-hybridized carbons (Fsp3) is 0.417. The second kappa shape index (κ2) is 5.84. The lowest BCUT2D eigenvalue weighted by Crippen LogP contribution is -2.36. The van der Waals surface area contributed by atoms with Crippen molar-refractivity contribution in [2.75, 3.05) is 0 Å². The molecule has 0 aromatic heterocycles. The van der Waals surface area contributed by atoms with Crippen LogP contribution in [0.1, 0.15) is 30.9 Å². The molecule has 0 aliphatic carbocycles. The van der Waals surface area contributed by atoms with Gasteiger partial charge in [0.15, 0.2) is 0 Å². The summed E-state index contributed by atoms with van der Waals surface area (Å²) in [6.07, 6.45) is 0. The Hall–Kier alpha value is -1.20. The van der Waals surface area contributed by atoms with Gasteiger partial charge in [-0.1, -0.05) is 26.0 Å². The minimum absolute atomic E-state index is 0.105. The molecule has 1 amide bonds. The first-order valence-electron chi connectivity index (χ1n) is 5.76. The van der Waals surface area contributed by atoms with Crippen molar-refractivity contribution in [3.05, 3.63) is 29.3 Å². The molecule has 7 heteroatoms. The lowest BCUT2D eigenvalue weighted by atomic mass is 10.0. The van der Waals surface area contributed by atoms with Crippen LogP contribution < -0.4 is 10.5 Å². The minimum atomic E-state index is -4.51. The van der Waals surface area contributed by atoms with Crippen LogP contribution in [-0.2, 0) is 4.79 Å². The Morgan fingerprint density at radius 1 is 1.32 bits per heavy atom. The predicted molar refractivity (Wildman–Crippen MR) is 72.5 cm³/mol. The van der Waals surface area contributed by atoms with Gasteiger partial charge in [0.25, 0.3) is 0 Å². The molecule has 5 N–H and O–H groups in total. The third-order valence-corrected chi connectivity index (χ3v) is 3.58. The van der Waals surface area contributed by atoms with Gasteiger partial charge in [-0.05, 0) is 30.0 Å². The highest BCUT2D eigenvalue weighted by Gasteiger charge is 2.50. The van der Waals surface area contributed by atoms with Gasteiger partial charge in [0.05, 0.1) is 0 Å². The molecule has 0 saturated carbocycles. The third-order valence-electron chi connectivity index (χ3n) is 2.59. The highest BCUT2D eigenvalue weighted by atomic mass is 31.2. The van der Waals surface area contributed by atoms with Crippen molar-refractivity contribution in [3.8, 4) is 5.75 Å². The molecule has 6 nitrogen and oxygen atoms in total. The van der Waals surface area contributed by atoms with Gasteiger partial charge in [-0.2, -0.15) is 14.7 Å². The standard InChI is InChI=1S/C12H18NO5P/c1-7(2)9-5-4-8(3)6-10(9)18-12(11(13)14)19(15,16)17/h4-7,12,15-17H,1-3H3,(H-,13,14)/p+1. The molecule has 1 rings (SSSR count). The molecule has 0 fully saturated rings. The van der Waals surface area contributed by atoms with Gasteiger partial charge in [-0.25, -0.2) is 0 Å². The zero-order chi connectivity index (χ0) is 14.8. The summed E-state index contributed by atoms with van der Waals surface area (Å²) in [5.41, 5.74) is 6.68. The Bertz CT molecular complexity index is 470. The molecule has 1 atom stereocenters. The average molecular weight is 288 g/mol. The zero-order valence-corrected chi connectivity index (χ0v) is 12.0. The summed E-state index contributed by atoms with van der Waals surface area (Å²) in [6, 6.07) is 5.35. The van der Waals surface area contributed by atoms with Crippen molar-refractivity contribution in [3.63, 3.8) is 0 Å². The van der Waals surface area contributed by atoms with Crippen LogP contribution in [0.25, 0.3) is 0 Å². The van der Waals surface area contributed by atoms with E-state index in [2.05, 4.69) is 0 Å². The van der Waals surface area contributed by atoms with E-state index in [1.807, 2.05) is 32.9 Å². The number of ether oxygens (including phenoxy) is 1. The Balaban J connectivity index is 3.16. The van der Waals surface area contributed by atoms with Gasteiger partial charge in [-0.3, -0.25) is 4.79 Å². The Morgan fingerprint density at radius 3 is 2.32 bits per heavy atom. The molecular weight excluding hydrogens is 269 g/mol. The first-order valence-corrected chi connectivity index (χ1v) is 7.48. The highest BCUT2D eigenvalue weighted by Crippen LogP contribution is 2.51. The SMILES string of the molecule is Cc1ccc(C(C)C)c(OC(C(N)=O)[P+](O)(O)O)c1. The zero-order valence-electron chi connectivity index (χ0n) is 11.1. The molecule has 0 aliphatic heterocycles. The molecule has 0 aliphatic rings. The number of hydrogen-bond donors (Lipinski definition) is 4. The third kappa shape index (κ3) is 4.14. The molecule has 19 heavy (non-hydrogen) atoms. The smallest absolute Gasteiger partial charge is 0.441 e. The quantitative estimate of drug-likeness (QED) is 0.605. The largest absolute Gasteiger partial charge is 0.458 e. The summed E-state index contributed by atoms with van der Waals surface area (Å²) in [4.78, 5) is 38.8. The Labute approximate surface area is 112 Å². The van der Waals surface area contributed by atoms with E-state index in [0.717, 1.165) is 11.1 Å². The number of rotatable bonds is 5. The molecule has 1 unspecified atom stereocenters. The molecule has 1 aromatic rings. The molecule has 0 radical (unpaired) electrons. The first kappa shape index (κ1) is 15.9. The summed E-state index contributed by atoms with van der Waals surface area (Å²) >= 11 is 0. The van der Waals surface area contributed by atoms with Crippen LogP contribution in [0.4, 0.5) is 0 Å². The number of benzene rings is 1. The van der Waals surface area contributed by atoms with E-state index in [1.165, 1.54) is 0 Å². The van der Waals surface area contributed by atoms with Gasteiger partial charge >= 0.3 is 19.7 Å². The van der Waals surface area contributed by atoms with Crippen molar-refractivity contribution in [1.29, 1.82) is 0 Å². The molecule has 0 saturated heterocycles. The second-order valence-electron chi connectivity index (χ2n) is 4.68. The number of carbonyl (C=O) groups is 1. The predicted octanol–water partition coefficient (Wildman–Crippen LogP) is 1.05. The van der Waals surface area contributed by atoms with Crippen LogP contribution >= 0.6 is 7.94 Å². The first-order chi connectivity index (χ1) is 8.62. The van der Waals surface area contributed by atoms with Gasteiger partial charge in [0.1, 0.15) is 5.75 Å². The van der Waals surface area contributed by atoms with Crippen LogP contribution in [0, 0.1) is 6.92 Å². The van der Waals surface area contributed by atoms with E-state index in [-0.39, 0.29) is 5.92 Å². The lowest BCUT2D eigenvalue weighted by Gasteiger charge is -2.19. The summed E-state index contributed by atoms with van der Waals surface area (Å²) in [6.45, 7) is 5.68. The van der Waals surface area contributed by atoms with Crippen LogP contribution in [0.15, 0.2) is 18.2 Å². The van der Waals surface area contributed by atoms with Gasteiger partial charge in [0.2, 0.25) is 0 Å². The van der Waals surface area contributed by atoms with Crippen LogP contribution in [0.3, 0.4) is 0 Å². The van der Waals surface area contributed by atoms with E-state index in [4.69, 9.17) is 10.5 Å². The second-order valence-corrected chi connectivity index (χ2v) is 6.38. The molecule has 0 spiro atoms. The van der Waals surface area contributed by atoms with Crippen LogP contribution in [0.2, 0.25) is 0 Å². The Morgan fingerprint density at radius 2 is 1.89 bits per heavy atom. The summed E-state index contributed by atoms with van der Waals surface area (Å²) < 4.78 is 5.24. The minimum Gasteiger partial charge on any atom is -0.441 e. The highest BCUT2D eigenvalue weighted by molar-refractivity contribution is 7.60. The number of hydrogen-bond acceptors (Lipinski definition) is 5. The maximum absolute atomic E-state index is 11.2. The summed E-state index contributed by atoms with van der Waals surface area (Å²) in [5.74, 6) is -2.57. The van der Waals surface area contributed by atoms with E-state index in [0.29, 0.717) is 5.75 Å². The van der Waals surface area contributed by atoms with Crippen molar-refractivity contribution >= 4 is 13.9 Å². The van der Waals surface area contributed by atoms with Gasteiger partial charge in [-0.15, -0.1) is 0 Å². The molecule has 1 aromatic carbocycles. The molecular formula is C12H19NO5P+. The topological polar surface area (TPSA) is 113 Å². The molecule has 0 bridgehead atoms. The summed E-state index contributed by atoms with van der Waals surface area (Å²) in [5, 5.41) is 0. The normalized spacial score (nSPS) is 13.4. The number of carbonyl (C=O) groups excluding carboxylic acids is 1. The van der Waals surface area contributed by atoms with E-state index in [1.54, 1.807) is 6.07 Å². The molecule has 0 heterocycles. The van der Waals surface area contributed by atoms with Crippen molar-refractivity contribution in [2.45, 2.75) is 32.5 Å². The number of aryl methyl sites for hydroxylation is 1. The van der Waals surface area contributed by atoms with Crippen LogP contribution in [0.5, 0.6) is 5.75 Å². The van der Waals surface area contributed by atoms with E-state index >= 15 is 0 Å². The maximum atomic E-state index is 11.2. The fourth-order valence-corrected chi connectivity index (χ4v) is 2.24. The average Bonchev–Trinajstić information content (AvgIpc) is 2.23. The number of amides is 1. The number of nitrogens with two attached hydrogens (primary N) is 1. The monoisotopic (exact) mass is 288 g/mol. The van der Waals surface area contributed by atoms with Gasteiger partial charge < -0.3 is 10.5 Å². The fourth-order valence-electron chi connectivity index (χ4n) is 1.64. The Kier molecular flexibility index (Phi) is 4.87.